The first-order chi connectivity index (χ1) is 9.00. The first-order valence-corrected chi connectivity index (χ1v) is 7.23. The van der Waals surface area contributed by atoms with Crippen molar-refractivity contribution in [1.29, 1.82) is 0 Å². The molecule has 0 aliphatic rings. The van der Waals surface area contributed by atoms with Crippen molar-refractivity contribution in [2.24, 2.45) is 0 Å². The highest BCUT2D eigenvalue weighted by Crippen LogP contribution is 2.17. The van der Waals surface area contributed by atoms with Gasteiger partial charge in [-0.1, -0.05) is 12.1 Å². The third-order valence-corrected chi connectivity index (χ3v) is 3.64. The lowest BCUT2D eigenvalue weighted by Gasteiger charge is -2.21. The van der Waals surface area contributed by atoms with Gasteiger partial charge >= 0.3 is 0 Å². The first-order valence-electron chi connectivity index (χ1n) is 7.23. The van der Waals surface area contributed by atoms with Crippen molar-refractivity contribution in [3.05, 3.63) is 29.8 Å². The summed E-state index contributed by atoms with van der Waals surface area (Å²) < 4.78 is 0. The quantitative estimate of drug-likeness (QED) is 0.708. The molecular formula is C16H28N2O. The summed E-state index contributed by atoms with van der Waals surface area (Å²) in [6.07, 6.45) is 2.40. The molecule has 0 saturated heterocycles. The Morgan fingerprint density at radius 3 is 2.58 bits per heavy atom. The zero-order valence-electron chi connectivity index (χ0n) is 12.7. The molecule has 0 fully saturated rings. The Morgan fingerprint density at radius 1 is 1.21 bits per heavy atom. The lowest BCUT2D eigenvalue weighted by molar-refractivity contribution is 0.267. The molecule has 0 amide bonds. The molecule has 0 aromatic heterocycles. The molecule has 1 unspecified atom stereocenters. The van der Waals surface area contributed by atoms with E-state index in [4.69, 9.17) is 0 Å². The highest BCUT2D eigenvalue weighted by Gasteiger charge is 2.05. The Hall–Kier alpha value is -1.06. The van der Waals surface area contributed by atoms with Crippen LogP contribution in [0.4, 0.5) is 0 Å². The van der Waals surface area contributed by atoms with Crippen LogP contribution >= 0.6 is 0 Å². The predicted molar refractivity (Wildman–Crippen MR) is 81.5 cm³/mol. The van der Waals surface area contributed by atoms with E-state index in [-0.39, 0.29) is 6.04 Å². The number of phenols is 1. The first kappa shape index (κ1) is 16.0. The average molecular weight is 264 g/mol. The van der Waals surface area contributed by atoms with Gasteiger partial charge in [0.15, 0.2) is 0 Å². The summed E-state index contributed by atoms with van der Waals surface area (Å²) in [5, 5.41) is 13.0. The molecule has 0 aliphatic heterocycles. The van der Waals surface area contributed by atoms with Gasteiger partial charge in [-0.05, 0) is 71.4 Å². The van der Waals surface area contributed by atoms with Gasteiger partial charge in [-0.25, -0.2) is 0 Å². The highest BCUT2D eigenvalue weighted by molar-refractivity contribution is 5.28. The second-order valence-corrected chi connectivity index (χ2v) is 5.55. The second kappa shape index (κ2) is 8.18. The zero-order chi connectivity index (χ0) is 14.3. The normalized spacial score (nSPS) is 13.2. The van der Waals surface area contributed by atoms with Gasteiger partial charge < -0.3 is 15.3 Å². The van der Waals surface area contributed by atoms with Crippen LogP contribution in [0, 0.1) is 0 Å². The number of benzene rings is 1. The molecule has 0 spiro atoms. The molecule has 0 aliphatic carbocycles. The van der Waals surface area contributed by atoms with Crippen molar-refractivity contribution >= 4 is 0 Å². The lowest BCUT2D eigenvalue weighted by Crippen LogP contribution is -2.28. The Labute approximate surface area is 117 Å². The number of hydrogen-bond acceptors (Lipinski definition) is 3. The van der Waals surface area contributed by atoms with Crippen molar-refractivity contribution in [3.63, 3.8) is 0 Å². The summed E-state index contributed by atoms with van der Waals surface area (Å²) >= 11 is 0. The van der Waals surface area contributed by atoms with Gasteiger partial charge in [0.25, 0.3) is 0 Å². The van der Waals surface area contributed by atoms with Crippen LogP contribution in [0.2, 0.25) is 0 Å². The van der Waals surface area contributed by atoms with Gasteiger partial charge in [-0.2, -0.15) is 0 Å². The van der Waals surface area contributed by atoms with E-state index in [0.29, 0.717) is 11.8 Å². The van der Waals surface area contributed by atoms with Crippen molar-refractivity contribution in [2.45, 2.75) is 45.7 Å². The van der Waals surface area contributed by atoms with Crippen LogP contribution in [0.25, 0.3) is 0 Å². The number of aromatic hydroxyl groups is 1. The van der Waals surface area contributed by atoms with Gasteiger partial charge in [0, 0.05) is 12.1 Å². The third-order valence-electron chi connectivity index (χ3n) is 3.64. The van der Waals surface area contributed by atoms with E-state index >= 15 is 0 Å². The minimum Gasteiger partial charge on any atom is -0.508 e. The molecular weight excluding hydrogens is 236 g/mol. The highest BCUT2D eigenvalue weighted by atomic mass is 16.3. The van der Waals surface area contributed by atoms with E-state index < -0.39 is 0 Å². The summed E-state index contributed by atoms with van der Waals surface area (Å²) in [5.74, 6) is 0.338. The van der Waals surface area contributed by atoms with Crippen LogP contribution in [-0.2, 0) is 0 Å². The summed E-state index contributed by atoms with van der Waals surface area (Å²) in [6.45, 7) is 8.75. The van der Waals surface area contributed by atoms with Crippen molar-refractivity contribution in [1.82, 2.24) is 10.2 Å². The van der Waals surface area contributed by atoms with Gasteiger partial charge in [-0.15, -0.1) is 0 Å². The summed E-state index contributed by atoms with van der Waals surface area (Å²) in [6, 6.07) is 8.38. The number of nitrogens with one attached hydrogen (secondary N) is 1. The van der Waals surface area contributed by atoms with Gasteiger partial charge in [0.05, 0.1) is 0 Å². The van der Waals surface area contributed by atoms with Crippen molar-refractivity contribution < 1.29 is 5.11 Å². The number of phenolic OH excluding ortho intramolecular Hbond substituents is 1. The standard InChI is InChI=1S/C16H28N2O/c1-13(2)18(4)11-6-5-10-17-14(3)15-8-7-9-16(19)12-15/h7-9,12-14,17,19H,5-6,10-11H2,1-4H3. The maximum Gasteiger partial charge on any atom is 0.115 e. The zero-order valence-corrected chi connectivity index (χ0v) is 12.7. The molecule has 19 heavy (non-hydrogen) atoms. The molecule has 108 valence electrons. The molecule has 3 heteroatoms. The van der Waals surface area contributed by atoms with Crippen molar-refractivity contribution in [3.8, 4) is 5.75 Å². The van der Waals surface area contributed by atoms with Gasteiger partial charge in [0.1, 0.15) is 5.75 Å². The molecule has 1 aromatic rings. The molecule has 0 heterocycles. The summed E-state index contributed by atoms with van der Waals surface area (Å²) in [5.41, 5.74) is 1.14. The minimum absolute atomic E-state index is 0.287. The fourth-order valence-corrected chi connectivity index (χ4v) is 1.97. The van der Waals surface area contributed by atoms with Crippen molar-refractivity contribution in [2.75, 3.05) is 20.1 Å². The molecule has 1 aromatic carbocycles. The molecule has 0 bridgehead atoms. The monoisotopic (exact) mass is 264 g/mol. The van der Waals surface area contributed by atoms with Crippen LogP contribution < -0.4 is 5.32 Å². The van der Waals surface area contributed by atoms with E-state index in [1.54, 1.807) is 6.07 Å². The maximum atomic E-state index is 9.45. The molecule has 0 saturated carbocycles. The Balaban J connectivity index is 2.19. The number of nitrogens with zero attached hydrogens (tertiary/aromatic N) is 1. The Morgan fingerprint density at radius 2 is 1.95 bits per heavy atom. The Bertz CT molecular complexity index is 366. The molecule has 1 atom stereocenters. The molecule has 1 rings (SSSR count). The summed E-state index contributed by atoms with van der Waals surface area (Å²) in [4.78, 5) is 2.37. The van der Waals surface area contributed by atoms with E-state index in [9.17, 15) is 5.11 Å². The fourth-order valence-electron chi connectivity index (χ4n) is 1.97. The number of rotatable bonds is 8. The molecule has 3 nitrogen and oxygen atoms in total. The van der Waals surface area contributed by atoms with E-state index in [1.807, 2.05) is 18.2 Å². The molecule has 2 N–H and O–H groups in total. The predicted octanol–water partition coefficient (Wildman–Crippen LogP) is 3.16. The van der Waals surface area contributed by atoms with Crippen LogP contribution in [0.15, 0.2) is 24.3 Å². The van der Waals surface area contributed by atoms with E-state index in [1.165, 1.54) is 12.8 Å². The van der Waals surface area contributed by atoms with E-state index in [2.05, 4.69) is 38.0 Å². The molecule has 0 radical (unpaired) electrons. The minimum atomic E-state index is 0.287. The topological polar surface area (TPSA) is 35.5 Å². The Kier molecular flexibility index (Phi) is 6.89. The van der Waals surface area contributed by atoms with Gasteiger partial charge in [-0.3, -0.25) is 0 Å². The largest absolute Gasteiger partial charge is 0.508 e. The SMILES string of the molecule is CC(NCCCCN(C)C(C)C)c1cccc(O)c1. The fraction of sp³-hybridized carbons (Fsp3) is 0.625. The number of unbranched alkanes of at least 4 members (excludes halogenated alkanes) is 1. The lowest BCUT2D eigenvalue weighted by atomic mass is 10.1. The average Bonchev–Trinajstić information content (AvgIpc) is 2.37. The van der Waals surface area contributed by atoms with Crippen LogP contribution in [0.3, 0.4) is 0 Å². The van der Waals surface area contributed by atoms with Crippen LogP contribution in [-0.4, -0.2) is 36.2 Å². The third kappa shape index (κ3) is 6.08. The summed E-state index contributed by atoms with van der Waals surface area (Å²) in [7, 11) is 2.17. The van der Waals surface area contributed by atoms with Crippen LogP contribution in [0.1, 0.15) is 45.2 Å². The van der Waals surface area contributed by atoms with Gasteiger partial charge in [0.2, 0.25) is 0 Å². The smallest absolute Gasteiger partial charge is 0.115 e. The van der Waals surface area contributed by atoms with Crippen LogP contribution in [0.5, 0.6) is 5.75 Å². The van der Waals surface area contributed by atoms with E-state index in [0.717, 1.165) is 18.7 Å². The number of hydrogen-bond donors (Lipinski definition) is 2. The maximum absolute atomic E-state index is 9.45. The second-order valence-electron chi connectivity index (χ2n) is 5.55.